The predicted molar refractivity (Wildman–Crippen MR) is 85.1 cm³/mol. The number of nitrogens with zero attached hydrogens (tertiary/aromatic N) is 5. The van der Waals surface area contributed by atoms with Crippen molar-refractivity contribution < 1.29 is 8.81 Å². The highest BCUT2D eigenvalue weighted by molar-refractivity contribution is 5.74. The van der Waals surface area contributed by atoms with Crippen LogP contribution >= 0.6 is 0 Å². The minimum atomic E-state index is -0.324. The zero-order chi connectivity index (χ0) is 16.0. The van der Waals surface area contributed by atoms with Crippen molar-refractivity contribution in [3.8, 4) is 0 Å². The van der Waals surface area contributed by atoms with Gasteiger partial charge in [-0.1, -0.05) is 0 Å². The summed E-state index contributed by atoms with van der Waals surface area (Å²) in [5.41, 5.74) is 2.03. The highest BCUT2D eigenvalue weighted by atomic mass is 19.1. The Morgan fingerprint density at radius 3 is 2.78 bits per heavy atom. The van der Waals surface area contributed by atoms with Crippen LogP contribution in [0.5, 0.6) is 0 Å². The average Bonchev–Trinajstić information content (AvgIpc) is 2.90. The first kappa shape index (κ1) is 13.9. The molecular weight excluding hydrogens is 297 g/mol. The van der Waals surface area contributed by atoms with E-state index in [-0.39, 0.29) is 11.9 Å². The van der Waals surface area contributed by atoms with Crippen molar-refractivity contribution in [2.45, 2.75) is 13.0 Å². The van der Waals surface area contributed by atoms with Crippen molar-refractivity contribution in [3.05, 3.63) is 41.8 Å². The molecule has 1 aromatic carbocycles. The monoisotopic (exact) mass is 313 g/mol. The van der Waals surface area contributed by atoms with Crippen LogP contribution in [0.3, 0.4) is 0 Å². The maximum absolute atomic E-state index is 13.2. The molecular formula is C16H16FN5O. The summed E-state index contributed by atoms with van der Waals surface area (Å²) >= 11 is 0. The Kier molecular flexibility index (Phi) is 3.14. The van der Waals surface area contributed by atoms with Crippen LogP contribution in [0.1, 0.15) is 5.69 Å². The van der Waals surface area contributed by atoms with Crippen LogP contribution in [0, 0.1) is 12.7 Å². The number of likely N-dealkylation sites (N-methyl/N-ethyl adjacent to an activating group) is 1. The summed E-state index contributed by atoms with van der Waals surface area (Å²) in [5, 5.41) is 8.26. The summed E-state index contributed by atoms with van der Waals surface area (Å²) in [6.45, 7) is 3.56. The minimum Gasteiger partial charge on any atom is -0.423 e. The number of rotatable bonds is 3. The van der Waals surface area contributed by atoms with Crippen LogP contribution in [-0.2, 0) is 0 Å². The van der Waals surface area contributed by atoms with Gasteiger partial charge < -0.3 is 14.2 Å². The molecule has 0 aliphatic carbocycles. The second-order valence-electron chi connectivity index (χ2n) is 5.81. The van der Waals surface area contributed by atoms with Crippen molar-refractivity contribution in [1.82, 2.24) is 15.2 Å². The molecule has 1 aliphatic rings. The maximum Gasteiger partial charge on any atom is 0.298 e. The zero-order valence-electron chi connectivity index (χ0n) is 12.9. The van der Waals surface area contributed by atoms with Crippen molar-refractivity contribution in [1.29, 1.82) is 0 Å². The number of aryl methyl sites for hydroxylation is 1. The molecule has 1 aliphatic heterocycles. The van der Waals surface area contributed by atoms with Crippen molar-refractivity contribution in [3.63, 3.8) is 0 Å². The highest BCUT2D eigenvalue weighted by Gasteiger charge is 2.33. The molecule has 2 aromatic heterocycles. The fourth-order valence-electron chi connectivity index (χ4n) is 2.64. The lowest BCUT2D eigenvalue weighted by Crippen LogP contribution is -2.59. The van der Waals surface area contributed by atoms with Gasteiger partial charge in [0.25, 0.3) is 6.01 Å². The van der Waals surface area contributed by atoms with Crippen LogP contribution in [0.4, 0.5) is 16.2 Å². The third-order valence-electron chi connectivity index (χ3n) is 4.16. The SMILES string of the molecule is Cc1ccc(N2CC(N(C)c3nc4ccc(F)cc4o3)C2)nn1. The average molecular weight is 313 g/mol. The molecule has 1 fully saturated rings. The summed E-state index contributed by atoms with van der Waals surface area (Å²) < 4.78 is 18.9. The zero-order valence-corrected chi connectivity index (χ0v) is 12.9. The molecule has 0 atom stereocenters. The van der Waals surface area contributed by atoms with E-state index in [0.29, 0.717) is 17.1 Å². The van der Waals surface area contributed by atoms with Crippen LogP contribution < -0.4 is 9.80 Å². The molecule has 4 rings (SSSR count). The Bertz CT molecular complexity index is 841. The molecule has 118 valence electrons. The van der Waals surface area contributed by atoms with Gasteiger partial charge in [-0.25, -0.2) is 4.39 Å². The number of halogens is 1. The van der Waals surface area contributed by atoms with E-state index in [1.165, 1.54) is 12.1 Å². The quantitative estimate of drug-likeness (QED) is 0.740. The number of anilines is 2. The fourth-order valence-corrected chi connectivity index (χ4v) is 2.64. The maximum atomic E-state index is 13.2. The van der Waals surface area contributed by atoms with Gasteiger partial charge in [0, 0.05) is 26.2 Å². The fraction of sp³-hybridized carbons (Fsp3) is 0.312. The third-order valence-corrected chi connectivity index (χ3v) is 4.16. The normalized spacial score (nSPS) is 15.0. The lowest BCUT2D eigenvalue weighted by atomic mass is 10.1. The Morgan fingerprint density at radius 1 is 1.22 bits per heavy atom. The summed E-state index contributed by atoms with van der Waals surface area (Å²) in [6, 6.07) is 9.07. The molecule has 6 nitrogen and oxygen atoms in total. The van der Waals surface area contributed by atoms with Crippen molar-refractivity contribution in [2.75, 3.05) is 29.9 Å². The largest absolute Gasteiger partial charge is 0.423 e. The van der Waals surface area contributed by atoms with Crippen LogP contribution in [-0.4, -0.2) is 41.4 Å². The molecule has 7 heteroatoms. The number of aromatic nitrogens is 3. The van der Waals surface area contributed by atoms with Gasteiger partial charge in [-0.15, -0.1) is 5.10 Å². The second-order valence-corrected chi connectivity index (χ2v) is 5.81. The summed E-state index contributed by atoms with van der Waals surface area (Å²) in [5.74, 6) is 0.551. The van der Waals surface area contributed by atoms with Gasteiger partial charge in [0.05, 0.1) is 11.7 Å². The van der Waals surface area contributed by atoms with E-state index in [9.17, 15) is 4.39 Å². The molecule has 3 heterocycles. The number of hydrogen-bond acceptors (Lipinski definition) is 6. The standard InChI is InChI=1S/C16H16FN5O/c1-10-3-6-15(20-19-10)22-8-12(9-22)21(2)16-18-13-5-4-11(17)7-14(13)23-16/h3-7,12H,8-9H2,1-2H3. The molecule has 1 saturated heterocycles. The molecule has 0 unspecified atom stereocenters. The second kappa shape index (κ2) is 5.19. The number of oxazole rings is 1. The van der Waals surface area contributed by atoms with E-state index in [2.05, 4.69) is 20.1 Å². The van der Waals surface area contributed by atoms with Crippen LogP contribution in [0.15, 0.2) is 34.7 Å². The van der Waals surface area contributed by atoms with E-state index in [1.807, 2.05) is 31.0 Å². The lowest BCUT2D eigenvalue weighted by molar-refractivity contribution is 0.456. The lowest BCUT2D eigenvalue weighted by Gasteiger charge is -2.43. The Hall–Kier alpha value is -2.70. The smallest absolute Gasteiger partial charge is 0.298 e. The Morgan fingerprint density at radius 2 is 2.04 bits per heavy atom. The van der Waals surface area contributed by atoms with Crippen LogP contribution in [0.25, 0.3) is 11.1 Å². The van der Waals surface area contributed by atoms with Gasteiger partial charge in [0.15, 0.2) is 11.4 Å². The summed E-state index contributed by atoms with van der Waals surface area (Å²) in [6.07, 6.45) is 0. The van der Waals surface area contributed by atoms with E-state index in [0.717, 1.165) is 24.6 Å². The number of fused-ring (bicyclic) bond motifs is 1. The Labute approximate surface area is 132 Å². The van der Waals surface area contributed by atoms with Gasteiger partial charge in [0.2, 0.25) is 0 Å². The summed E-state index contributed by atoms with van der Waals surface area (Å²) in [4.78, 5) is 8.54. The van der Waals surface area contributed by atoms with E-state index < -0.39 is 0 Å². The van der Waals surface area contributed by atoms with Gasteiger partial charge in [0.1, 0.15) is 11.3 Å². The molecule has 0 bridgehead atoms. The third kappa shape index (κ3) is 2.48. The molecule has 23 heavy (non-hydrogen) atoms. The first-order valence-corrected chi connectivity index (χ1v) is 7.44. The number of benzene rings is 1. The molecule has 0 radical (unpaired) electrons. The molecule has 0 amide bonds. The number of hydrogen-bond donors (Lipinski definition) is 0. The minimum absolute atomic E-state index is 0.274. The van der Waals surface area contributed by atoms with Crippen LogP contribution in [0.2, 0.25) is 0 Å². The van der Waals surface area contributed by atoms with Crippen molar-refractivity contribution in [2.24, 2.45) is 0 Å². The molecule has 0 saturated carbocycles. The molecule has 0 spiro atoms. The molecule has 3 aromatic rings. The molecule has 0 N–H and O–H groups in total. The van der Waals surface area contributed by atoms with Gasteiger partial charge in [-0.05, 0) is 31.2 Å². The summed E-state index contributed by atoms with van der Waals surface area (Å²) in [7, 11) is 1.93. The van der Waals surface area contributed by atoms with E-state index >= 15 is 0 Å². The first-order chi connectivity index (χ1) is 11.1. The van der Waals surface area contributed by atoms with Gasteiger partial charge >= 0.3 is 0 Å². The van der Waals surface area contributed by atoms with E-state index in [4.69, 9.17) is 4.42 Å². The van der Waals surface area contributed by atoms with Gasteiger partial charge in [-0.2, -0.15) is 10.1 Å². The van der Waals surface area contributed by atoms with Crippen molar-refractivity contribution >= 4 is 22.9 Å². The predicted octanol–water partition coefficient (Wildman–Crippen LogP) is 2.39. The highest BCUT2D eigenvalue weighted by Crippen LogP contribution is 2.27. The van der Waals surface area contributed by atoms with E-state index in [1.54, 1.807) is 6.07 Å². The first-order valence-electron chi connectivity index (χ1n) is 7.44. The van der Waals surface area contributed by atoms with Gasteiger partial charge in [-0.3, -0.25) is 0 Å². The topological polar surface area (TPSA) is 58.3 Å². The Balaban J connectivity index is 1.47.